The van der Waals surface area contributed by atoms with Gasteiger partial charge in [0.1, 0.15) is 5.75 Å². The van der Waals surface area contributed by atoms with Crippen LogP contribution in [0, 0.1) is 0 Å². The quantitative estimate of drug-likeness (QED) is 0.708. The highest BCUT2D eigenvalue weighted by atomic mass is 32.2. The van der Waals surface area contributed by atoms with Crippen LogP contribution >= 0.6 is 0 Å². The largest absolute Gasteiger partial charge is 0.507 e. The fourth-order valence-corrected chi connectivity index (χ4v) is 2.95. The second-order valence-corrected chi connectivity index (χ2v) is 4.98. The Hall–Kier alpha value is -1.33. The molecule has 0 amide bonds. The number of nitrogens with two attached hydrogens (primary N) is 1. The first kappa shape index (κ1) is 9.23. The smallest absolute Gasteiger partial charge is 0.204 e. The van der Waals surface area contributed by atoms with Gasteiger partial charge in [0, 0.05) is 12.1 Å². The van der Waals surface area contributed by atoms with Crippen LogP contribution in [0.25, 0.3) is 6.08 Å². The molecule has 0 unspecified atom stereocenters. The van der Waals surface area contributed by atoms with Crippen LogP contribution in [0.3, 0.4) is 0 Å². The van der Waals surface area contributed by atoms with Crippen molar-refractivity contribution < 1.29 is 13.5 Å². The van der Waals surface area contributed by atoms with E-state index in [0.29, 0.717) is 5.56 Å². The molecule has 4 nitrogen and oxygen atoms in total. The normalized spacial score (nSPS) is 17.6. The van der Waals surface area contributed by atoms with E-state index < -0.39 is 9.84 Å². The van der Waals surface area contributed by atoms with E-state index in [0.717, 1.165) is 0 Å². The van der Waals surface area contributed by atoms with Gasteiger partial charge in [-0.15, -0.1) is 0 Å². The summed E-state index contributed by atoms with van der Waals surface area (Å²) < 4.78 is 23.4. The molecule has 1 heterocycles. The van der Waals surface area contributed by atoms with Gasteiger partial charge in [0.15, 0.2) is 0 Å². The molecule has 3 N–H and O–H groups in total. The van der Waals surface area contributed by atoms with Crippen molar-refractivity contribution in [3.8, 4) is 5.75 Å². The maximum Gasteiger partial charge on any atom is 0.204 e. The molecule has 74 valence electrons. The first-order valence-corrected chi connectivity index (χ1v) is 5.53. The molecule has 0 aromatic heterocycles. The Bertz CT molecular complexity index is 517. The van der Waals surface area contributed by atoms with E-state index in [1.54, 1.807) is 0 Å². The summed E-state index contributed by atoms with van der Waals surface area (Å²) in [5.41, 5.74) is 5.65. The van der Waals surface area contributed by atoms with Crippen LogP contribution in [0.5, 0.6) is 5.75 Å². The molecular formula is C9H9NO3S. The molecule has 1 aromatic carbocycles. The molecule has 0 spiro atoms. The highest BCUT2D eigenvalue weighted by molar-refractivity contribution is 7.95. The van der Waals surface area contributed by atoms with Crippen LogP contribution in [0.15, 0.2) is 28.0 Å². The number of benzene rings is 1. The van der Waals surface area contributed by atoms with Crippen molar-refractivity contribution >= 4 is 15.9 Å². The summed E-state index contributed by atoms with van der Waals surface area (Å²) in [6.45, 7) is -0.0452. The van der Waals surface area contributed by atoms with E-state index in [9.17, 15) is 13.5 Å². The Morgan fingerprint density at radius 1 is 1.36 bits per heavy atom. The zero-order valence-electron chi connectivity index (χ0n) is 7.27. The van der Waals surface area contributed by atoms with Crippen molar-refractivity contribution in [3.05, 3.63) is 28.7 Å². The molecule has 0 fully saturated rings. The molecular weight excluding hydrogens is 202 g/mol. The second-order valence-electron chi connectivity index (χ2n) is 3.01. The molecule has 14 heavy (non-hydrogen) atoms. The van der Waals surface area contributed by atoms with Gasteiger partial charge in [0.2, 0.25) is 9.84 Å². The van der Waals surface area contributed by atoms with Gasteiger partial charge in [0.25, 0.3) is 0 Å². The van der Waals surface area contributed by atoms with Crippen LogP contribution in [-0.4, -0.2) is 20.1 Å². The van der Waals surface area contributed by atoms with E-state index >= 15 is 0 Å². The lowest BCUT2D eigenvalue weighted by Crippen LogP contribution is -2.10. The number of sulfone groups is 1. The van der Waals surface area contributed by atoms with Gasteiger partial charge in [-0.1, -0.05) is 6.07 Å². The molecule has 0 saturated carbocycles. The molecule has 0 aliphatic carbocycles. The van der Waals surface area contributed by atoms with Gasteiger partial charge in [0.05, 0.1) is 9.80 Å². The predicted molar refractivity (Wildman–Crippen MR) is 52.3 cm³/mol. The monoisotopic (exact) mass is 211 g/mol. The summed E-state index contributed by atoms with van der Waals surface area (Å²) in [4.78, 5) is 0.284. The van der Waals surface area contributed by atoms with Crippen LogP contribution in [0.4, 0.5) is 0 Å². The molecule has 1 aliphatic rings. The van der Waals surface area contributed by atoms with Gasteiger partial charge >= 0.3 is 0 Å². The lowest BCUT2D eigenvalue weighted by Gasteiger charge is -2.01. The lowest BCUT2D eigenvalue weighted by atomic mass is 10.2. The van der Waals surface area contributed by atoms with Crippen LogP contribution in [0.2, 0.25) is 0 Å². The average Bonchev–Trinajstić information content (AvgIpc) is 2.40. The number of phenols is 1. The second kappa shape index (κ2) is 2.83. The number of rotatable bonds is 1. The highest BCUT2D eigenvalue weighted by Gasteiger charge is 2.29. The van der Waals surface area contributed by atoms with Crippen LogP contribution in [-0.2, 0) is 9.84 Å². The van der Waals surface area contributed by atoms with Crippen LogP contribution in [0.1, 0.15) is 5.56 Å². The van der Waals surface area contributed by atoms with Crippen LogP contribution < -0.4 is 5.73 Å². The molecule has 2 rings (SSSR count). The van der Waals surface area contributed by atoms with Crippen molar-refractivity contribution in [2.45, 2.75) is 4.90 Å². The number of hydrogen-bond donors (Lipinski definition) is 2. The zero-order chi connectivity index (χ0) is 10.3. The fourth-order valence-electron chi connectivity index (χ4n) is 1.46. The molecule has 1 aliphatic heterocycles. The number of aromatic hydroxyl groups is 1. The van der Waals surface area contributed by atoms with E-state index in [-0.39, 0.29) is 22.1 Å². The summed E-state index contributed by atoms with van der Waals surface area (Å²) in [6.07, 6.45) is 1.42. The minimum absolute atomic E-state index is 0.0328. The Kier molecular flexibility index (Phi) is 1.87. The first-order chi connectivity index (χ1) is 6.57. The summed E-state index contributed by atoms with van der Waals surface area (Å²) in [6, 6.07) is 4.41. The van der Waals surface area contributed by atoms with Gasteiger partial charge in [-0.2, -0.15) is 0 Å². The fraction of sp³-hybridized carbons (Fsp3) is 0.111. The highest BCUT2D eigenvalue weighted by Crippen LogP contribution is 2.36. The zero-order valence-corrected chi connectivity index (χ0v) is 8.08. The summed E-state index contributed by atoms with van der Waals surface area (Å²) in [5.74, 6) is -0.0328. The average molecular weight is 211 g/mol. The minimum Gasteiger partial charge on any atom is -0.507 e. The number of hydrogen-bond acceptors (Lipinski definition) is 4. The molecule has 1 aromatic rings. The Labute approximate surface area is 81.6 Å². The molecule has 5 heteroatoms. The van der Waals surface area contributed by atoms with Crippen molar-refractivity contribution in [2.24, 2.45) is 5.73 Å². The number of phenolic OH excluding ortho intramolecular Hbond substituents is 1. The van der Waals surface area contributed by atoms with Gasteiger partial charge in [-0.25, -0.2) is 8.42 Å². The molecule has 0 radical (unpaired) electrons. The maximum atomic E-state index is 11.7. The Balaban J connectivity index is 2.78. The first-order valence-electron chi connectivity index (χ1n) is 4.05. The third-order valence-electron chi connectivity index (χ3n) is 2.18. The summed E-state index contributed by atoms with van der Waals surface area (Å²) >= 11 is 0. The Morgan fingerprint density at radius 2 is 2.07 bits per heavy atom. The third-order valence-corrected chi connectivity index (χ3v) is 4.09. The molecule has 0 bridgehead atoms. The van der Waals surface area contributed by atoms with Gasteiger partial charge < -0.3 is 10.8 Å². The van der Waals surface area contributed by atoms with Crippen molar-refractivity contribution in [1.29, 1.82) is 0 Å². The SMILES string of the molecule is NCC1=Cc2c(O)cccc2S1(=O)=O. The third kappa shape index (κ3) is 1.06. The van der Waals surface area contributed by atoms with Gasteiger partial charge in [-0.3, -0.25) is 0 Å². The van der Waals surface area contributed by atoms with Crippen molar-refractivity contribution in [2.75, 3.05) is 6.54 Å². The summed E-state index contributed by atoms with van der Waals surface area (Å²) in [5, 5.41) is 9.43. The van der Waals surface area contributed by atoms with E-state index in [2.05, 4.69) is 0 Å². The lowest BCUT2D eigenvalue weighted by molar-refractivity contribution is 0.472. The standard InChI is InChI=1S/C9H9NO3S/c10-5-6-4-7-8(11)2-1-3-9(7)14(6,12)13/h1-4,11H,5,10H2. The summed E-state index contributed by atoms with van der Waals surface area (Å²) in [7, 11) is -3.44. The van der Waals surface area contributed by atoms with E-state index in [1.165, 1.54) is 24.3 Å². The number of fused-ring (bicyclic) bond motifs is 1. The van der Waals surface area contributed by atoms with E-state index in [1.807, 2.05) is 0 Å². The van der Waals surface area contributed by atoms with Gasteiger partial charge in [-0.05, 0) is 18.2 Å². The Morgan fingerprint density at radius 3 is 2.64 bits per heavy atom. The minimum atomic E-state index is -3.44. The molecule has 0 atom stereocenters. The van der Waals surface area contributed by atoms with E-state index in [4.69, 9.17) is 5.73 Å². The van der Waals surface area contributed by atoms with Crippen molar-refractivity contribution in [3.63, 3.8) is 0 Å². The maximum absolute atomic E-state index is 11.7. The topological polar surface area (TPSA) is 80.4 Å². The predicted octanol–water partition coefficient (Wildman–Crippen LogP) is 0.479. The molecule has 0 saturated heterocycles. The van der Waals surface area contributed by atoms with Crippen molar-refractivity contribution in [1.82, 2.24) is 0 Å².